The molecule has 3 fully saturated rings. The van der Waals surface area contributed by atoms with Crippen molar-refractivity contribution in [3.63, 3.8) is 0 Å². The molecule has 0 spiro atoms. The smallest absolute Gasteiger partial charge is 0.352 e. The van der Waals surface area contributed by atoms with Gasteiger partial charge >= 0.3 is 5.97 Å². The molecule has 3 amide bonds. The number of aryl methyl sites for hydroxylation is 1. The van der Waals surface area contributed by atoms with Crippen LogP contribution in [-0.2, 0) is 31.1 Å². The Morgan fingerprint density at radius 3 is 2.67 bits per heavy atom. The van der Waals surface area contributed by atoms with Crippen molar-refractivity contribution in [2.75, 3.05) is 12.3 Å². The van der Waals surface area contributed by atoms with Crippen LogP contribution < -0.4 is 20.9 Å². The molecule has 0 unspecified atom stereocenters. The van der Waals surface area contributed by atoms with Crippen molar-refractivity contribution in [2.24, 2.45) is 12.2 Å². The van der Waals surface area contributed by atoms with Crippen LogP contribution in [0.2, 0.25) is 0 Å². The summed E-state index contributed by atoms with van der Waals surface area (Å²) >= 11 is 1.15. The highest BCUT2D eigenvalue weighted by atomic mass is 32.1. The van der Waals surface area contributed by atoms with Gasteiger partial charge in [-0.25, -0.2) is 14.3 Å². The fraction of sp³-hybridized carbons (Fsp3) is 0.414. The highest BCUT2D eigenvalue weighted by molar-refractivity contribution is 7.13. The minimum atomic E-state index is -1.28. The van der Waals surface area contributed by atoms with Crippen LogP contribution in [0.1, 0.15) is 56.3 Å². The molecule has 3 aliphatic heterocycles. The van der Waals surface area contributed by atoms with Gasteiger partial charge in [0.2, 0.25) is 11.6 Å². The van der Waals surface area contributed by atoms with E-state index in [1.165, 1.54) is 4.90 Å². The molecule has 6 rings (SSSR count). The third-order valence-electron chi connectivity index (χ3n) is 8.35. The molecule has 2 atom stereocenters. The standard InChI is InChI=1S/C29H31N7O6S/c1-35-13-5-4-8-19(35)21(17-11-12-31-25(17)37)16-9-10-20-23(27(39)36(20)24(16)28(40)41)33-26(38)22(18-14-43-29(30)32-18)34-42-15-6-2-3-7-15/h4-5,8,13-15,20,23H,2-3,6-7,9-12H2,1H3,(H4-,30,31,32,33,37,38,40,41)/p+1/t20-,23+/m1/s1. The largest absolute Gasteiger partial charge is 0.477 e. The number of rotatable bonds is 8. The zero-order valence-electron chi connectivity index (χ0n) is 23.5. The molecule has 224 valence electrons. The van der Waals surface area contributed by atoms with Crippen molar-refractivity contribution < 1.29 is 33.7 Å². The lowest BCUT2D eigenvalue weighted by Crippen LogP contribution is -2.72. The number of aliphatic carboxylic acids is 1. The molecular weight excluding hydrogens is 574 g/mol. The van der Waals surface area contributed by atoms with Gasteiger partial charge in [0.15, 0.2) is 17.0 Å². The molecule has 5 N–H and O–H groups in total. The number of carboxylic acids is 1. The van der Waals surface area contributed by atoms with E-state index < -0.39 is 29.9 Å². The molecule has 14 heteroatoms. The monoisotopic (exact) mass is 606 g/mol. The van der Waals surface area contributed by atoms with Crippen LogP contribution in [0.25, 0.3) is 5.57 Å². The van der Waals surface area contributed by atoms with E-state index in [1.54, 1.807) is 5.38 Å². The molecule has 2 saturated heterocycles. The first-order valence-electron chi connectivity index (χ1n) is 14.3. The average Bonchev–Trinajstić information content (AvgIpc) is 3.76. The number of anilines is 1. The quantitative estimate of drug-likeness (QED) is 0.113. The highest BCUT2D eigenvalue weighted by Crippen LogP contribution is 2.43. The average molecular weight is 607 g/mol. The molecule has 13 nitrogen and oxygen atoms in total. The second kappa shape index (κ2) is 11.6. The SMILES string of the molecule is C[n+]1ccccc1C(=C1CCNC1=O)C1=C(C(=O)O)N2C(=O)[C@@H](NC(=O)C(=NOC3CCCC3)c3csc(N)n3)[C@H]2CC1. The number of hydrogen-bond donors (Lipinski definition) is 4. The summed E-state index contributed by atoms with van der Waals surface area (Å²) < 4.78 is 1.83. The lowest BCUT2D eigenvalue weighted by Gasteiger charge is -2.50. The van der Waals surface area contributed by atoms with Gasteiger partial charge in [-0.2, -0.15) is 0 Å². The van der Waals surface area contributed by atoms with Gasteiger partial charge in [-0.3, -0.25) is 19.3 Å². The summed E-state index contributed by atoms with van der Waals surface area (Å²) in [6.07, 6.45) is 6.54. The highest BCUT2D eigenvalue weighted by Gasteiger charge is 2.54. The van der Waals surface area contributed by atoms with Crippen molar-refractivity contribution in [1.82, 2.24) is 20.5 Å². The van der Waals surface area contributed by atoms with E-state index >= 15 is 0 Å². The number of amides is 3. The first-order chi connectivity index (χ1) is 20.7. The number of nitrogens with one attached hydrogen (secondary N) is 2. The zero-order chi connectivity index (χ0) is 30.2. The summed E-state index contributed by atoms with van der Waals surface area (Å²) in [7, 11) is 1.82. The van der Waals surface area contributed by atoms with Crippen molar-refractivity contribution >= 4 is 51.4 Å². The van der Waals surface area contributed by atoms with E-state index in [4.69, 9.17) is 10.6 Å². The van der Waals surface area contributed by atoms with Crippen LogP contribution in [0.4, 0.5) is 5.13 Å². The molecule has 43 heavy (non-hydrogen) atoms. The number of nitrogen functional groups attached to an aromatic ring is 1. The number of carboxylic acid groups (broad SMARTS) is 1. The molecule has 1 saturated carbocycles. The van der Waals surface area contributed by atoms with Gasteiger partial charge in [-0.05, 0) is 56.6 Å². The number of thiazole rings is 1. The minimum absolute atomic E-state index is 0.0903. The number of nitrogens with zero attached hydrogens (tertiary/aromatic N) is 4. The third-order valence-corrected chi connectivity index (χ3v) is 9.02. The van der Waals surface area contributed by atoms with Gasteiger partial charge in [0.05, 0.1) is 11.6 Å². The maximum atomic E-state index is 13.5. The number of allylic oxidation sites excluding steroid dienone is 2. The molecule has 0 bridgehead atoms. The molecular formula is C29H32N7O6S+. The van der Waals surface area contributed by atoms with Crippen LogP contribution in [-0.4, -0.2) is 69.1 Å². The molecule has 5 heterocycles. The van der Waals surface area contributed by atoms with Crippen LogP contribution in [0.5, 0.6) is 0 Å². The molecule has 4 aliphatic rings. The van der Waals surface area contributed by atoms with Crippen molar-refractivity contribution in [3.05, 3.63) is 58.0 Å². The number of carbonyl (C=O) groups excluding carboxylic acids is 3. The van der Waals surface area contributed by atoms with Gasteiger partial charge in [-0.1, -0.05) is 5.16 Å². The fourth-order valence-electron chi connectivity index (χ4n) is 6.27. The maximum Gasteiger partial charge on any atom is 0.352 e. The van der Waals surface area contributed by atoms with Crippen molar-refractivity contribution in [3.8, 4) is 0 Å². The van der Waals surface area contributed by atoms with E-state index in [2.05, 4.69) is 20.8 Å². The second-order valence-corrected chi connectivity index (χ2v) is 11.9. The van der Waals surface area contributed by atoms with Crippen LogP contribution in [0.15, 0.2) is 51.8 Å². The molecule has 0 aromatic carbocycles. The lowest BCUT2D eigenvalue weighted by atomic mass is 9.79. The Morgan fingerprint density at radius 2 is 2.02 bits per heavy atom. The van der Waals surface area contributed by atoms with E-state index in [0.717, 1.165) is 37.0 Å². The van der Waals surface area contributed by atoms with E-state index in [1.807, 2.05) is 36.0 Å². The first kappa shape index (κ1) is 28.5. The first-order valence-corrected chi connectivity index (χ1v) is 15.1. The lowest BCUT2D eigenvalue weighted by molar-refractivity contribution is -0.673. The number of aromatic nitrogens is 2. The molecule has 1 aliphatic carbocycles. The number of β-lactam (4-membered cyclic amide) rings is 1. The summed E-state index contributed by atoms with van der Waals surface area (Å²) in [6, 6.07) is 3.94. The number of pyridine rings is 1. The van der Waals surface area contributed by atoms with Gasteiger partial charge in [-0.15, -0.1) is 11.3 Å². The van der Waals surface area contributed by atoms with Gasteiger partial charge in [0.25, 0.3) is 11.8 Å². The molecule has 0 radical (unpaired) electrons. The Kier molecular flexibility index (Phi) is 7.69. The predicted molar refractivity (Wildman–Crippen MR) is 155 cm³/mol. The van der Waals surface area contributed by atoms with E-state index in [9.17, 15) is 24.3 Å². The number of hydrogen-bond acceptors (Lipinski definition) is 9. The Bertz CT molecular complexity index is 1610. The Balaban J connectivity index is 1.31. The summed E-state index contributed by atoms with van der Waals surface area (Å²) in [5.74, 6) is -2.75. The molecule has 2 aromatic rings. The topological polar surface area (TPSA) is 180 Å². The van der Waals surface area contributed by atoms with Gasteiger partial charge < -0.3 is 26.3 Å². The Morgan fingerprint density at radius 1 is 1.23 bits per heavy atom. The fourth-order valence-corrected chi connectivity index (χ4v) is 6.82. The maximum absolute atomic E-state index is 13.5. The second-order valence-electron chi connectivity index (χ2n) is 11.0. The Hall–Kier alpha value is -4.59. The third kappa shape index (κ3) is 5.26. The number of nitrogens with two attached hydrogens (primary N) is 1. The van der Waals surface area contributed by atoms with Gasteiger partial charge in [0, 0.05) is 29.6 Å². The van der Waals surface area contributed by atoms with E-state index in [-0.39, 0.29) is 40.7 Å². The molecule has 2 aromatic heterocycles. The number of fused-ring (bicyclic) bond motifs is 1. The summed E-state index contributed by atoms with van der Waals surface area (Å²) in [4.78, 5) is 63.6. The van der Waals surface area contributed by atoms with Crippen molar-refractivity contribution in [2.45, 2.75) is 63.1 Å². The minimum Gasteiger partial charge on any atom is -0.477 e. The summed E-state index contributed by atoms with van der Waals surface area (Å²) in [5, 5.41) is 21.9. The Labute approximate surface area is 251 Å². The summed E-state index contributed by atoms with van der Waals surface area (Å²) in [6.45, 7) is 0.447. The normalized spacial score (nSPS) is 23.6. The van der Waals surface area contributed by atoms with Crippen LogP contribution in [0, 0.1) is 0 Å². The van der Waals surface area contributed by atoms with E-state index in [0.29, 0.717) is 41.8 Å². The zero-order valence-corrected chi connectivity index (χ0v) is 24.4. The number of carbonyl (C=O) groups is 4. The number of oxime groups is 1. The van der Waals surface area contributed by atoms with Crippen molar-refractivity contribution in [1.29, 1.82) is 0 Å². The van der Waals surface area contributed by atoms with Crippen LogP contribution in [0.3, 0.4) is 0 Å². The van der Waals surface area contributed by atoms with Gasteiger partial charge in [0.1, 0.15) is 30.6 Å². The predicted octanol–water partition coefficient (Wildman–Crippen LogP) is 1.01. The van der Waals surface area contributed by atoms with Crippen LogP contribution >= 0.6 is 11.3 Å². The summed E-state index contributed by atoms with van der Waals surface area (Å²) in [5.41, 5.74) is 7.86.